The summed E-state index contributed by atoms with van der Waals surface area (Å²) in [5.74, 6) is -0.201. The van der Waals surface area contributed by atoms with Crippen LogP contribution in [-0.2, 0) is 22.6 Å². The molecule has 2 aromatic carbocycles. The summed E-state index contributed by atoms with van der Waals surface area (Å²) in [6.07, 6.45) is 2.20. The van der Waals surface area contributed by atoms with Crippen molar-refractivity contribution in [2.24, 2.45) is 0 Å². The number of nitrogens with one attached hydrogen (secondary N) is 1. The van der Waals surface area contributed by atoms with Crippen LogP contribution in [0.25, 0.3) is 0 Å². The van der Waals surface area contributed by atoms with Crippen molar-refractivity contribution < 1.29 is 9.59 Å². The van der Waals surface area contributed by atoms with Gasteiger partial charge in [0.2, 0.25) is 11.8 Å². The van der Waals surface area contributed by atoms with Gasteiger partial charge in [-0.1, -0.05) is 67.4 Å². The van der Waals surface area contributed by atoms with Gasteiger partial charge in [0, 0.05) is 18.1 Å². The van der Waals surface area contributed by atoms with Crippen molar-refractivity contribution in [2.45, 2.75) is 45.7 Å². The third kappa shape index (κ3) is 6.72. The van der Waals surface area contributed by atoms with Crippen LogP contribution in [0, 0.1) is 0 Å². The zero-order valence-electron chi connectivity index (χ0n) is 16.0. The van der Waals surface area contributed by atoms with E-state index < -0.39 is 6.04 Å². The number of carbonyl (C=O) groups is 2. The van der Waals surface area contributed by atoms with E-state index in [1.165, 1.54) is 0 Å². The molecule has 0 radical (unpaired) electrons. The molecular weight excluding hydrogens is 360 g/mol. The maximum Gasteiger partial charge on any atom is 0.242 e. The first-order chi connectivity index (χ1) is 13.0. The number of halogens is 1. The van der Waals surface area contributed by atoms with Crippen LogP contribution in [-0.4, -0.2) is 29.3 Å². The summed E-state index contributed by atoms with van der Waals surface area (Å²) in [5.41, 5.74) is 1.87. The van der Waals surface area contributed by atoms with Gasteiger partial charge in [-0.15, -0.1) is 0 Å². The molecule has 4 nitrogen and oxygen atoms in total. The predicted molar refractivity (Wildman–Crippen MR) is 110 cm³/mol. The van der Waals surface area contributed by atoms with Crippen molar-refractivity contribution in [2.75, 3.05) is 6.54 Å². The lowest BCUT2D eigenvalue weighted by Gasteiger charge is -2.29. The van der Waals surface area contributed by atoms with Crippen molar-refractivity contribution in [3.63, 3.8) is 0 Å². The first-order valence-corrected chi connectivity index (χ1v) is 9.74. The summed E-state index contributed by atoms with van der Waals surface area (Å²) < 4.78 is 0. The molecule has 1 atom stereocenters. The molecule has 2 rings (SSSR count). The highest BCUT2D eigenvalue weighted by molar-refractivity contribution is 6.30. The predicted octanol–water partition coefficient (Wildman–Crippen LogP) is 4.22. The number of hydrogen-bond donors (Lipinski definition) is 1. The Kier molecular flexibility index (Phi) is 8.34. The maximum absolute atomic E-state index is 13.0. The monoisotopic (exact) mass is 386 g/mol. The standard InChI is InChI=1S/C22H27ClN2O2/c1-3-4-14-24-22(27)17(2)25(16-19-10-12-20(23)13-11-19)21(26)15-18-8-6-5-7-9-18/h5-13,17H,3-4,14-16H2,1-2H3,(H,24,27). The highest BCUT2D eigenvalue weighted by Gasteiger charge is 2.25. The molecule has 0 aliphatic heterocycles. The second-order valence-corrected chi connectivity index (χ2v) is 7.07. The number of unbranched alkanes of at least 4 members (excludes halogenated alkanes) is 1. The van der Waals surface area contributed by atoms with E-state index in [1.807, 2.05) is 42.5 Å². The number of rotatable bonds is 9. The van der Waals surface area contributed by atoms with Gasteiger partial charge in [0.25, 0.3) is 0 Å². The molecule has 0 aromatic heterocycles. The molecular formula is C22H27ClN2O2. The molecule has 27 heavy (non-hydrogen) atoms. The number of benzene rings is 2. The van der Waals surface area contributed by atoms with E-state index in [1.54, 1.807) is 24.0 Å². The smallest absolute Gasteiger partial charge is 0.242 e. The van der Waals surface area contributed by atoms with Gasteiger partial charge in [-0.3, -0.25) is 9.59 Å². The lowest BCUT2D eigenvalue weighted by atomic mass is 10.1. The van der Waals surface area contributed by atoms with Crippen LogP contribution in [0.3, 0.4) is 0 Å². The molecule has 0 saturated carbocycles. The first-order valence-electron chi connectivity index (χ1n) is 9.36. The number of nitrogens with zero attached hydrogens (tertiary/aromatic N) is 1. The summed E-state index contributed by atoms with van der Waals surface area (Å²) in [6.45, 7) is 4.85. The van der Waals surface area contributed by atoms with Crippen LogP contribution in [0.15, 0.2) is 54.6 Å². The average molecular weight is 387 g/mol. The third-order valence-electron chi connectivity index (χ3n) is 4.46. The van der Waals surface area contributed by atoms with E-state index >= 15 is 0 Å². The molecule has 5 heteroatoms. The van der Waals surface area contributed by atoms with E-state index in [0.717, 1.165) is 24.0 Å². The molecule has 2 aromatic rings. The first kappa shape index (κ1) is 21.0. The summed E-state index contributed by atoms with van der Waals surface area (Å²) in [4.78, 5) is 27.2. The van der Waals surface area contributed by atoms with E-state index in [-0.39, 0.29) is 18.2 Å². The zero-order chi connectivity index (χ0) is 19.6. The van der Waals surface area contributed by atoms with Gasteiger partial charge in [0.15, 0.2) is 0 Å². The van der Waals surface area contributed by atoms with Gasteiger partial charge >= 0.3 is 0 Å². The van der Waals surface area contributed by atoms with Crippen LogP contribution >= 0.6 is 11.6 Å². The molecule has 0 spiro atoms. The highest BCUT2D eigenvalue weighted by Crippen LogP contribution is 2.15. The van der Waals surface area contributed by atoms with Gasteiger partial charge in [-0.25, -0.2) is 0 Å². The van der Waals surface area contributed by atoms with Crippen molar-refractivity contribution in [1.82, 2.24) is 10.2 Å². The zero-order valence-corrected chi connectivity index (χ0v) is 16.7. The van der Waals surface area contributed by atoms with E-state index in [2.05, 4.69) is 12.2 Å². The number of carbonyl (C=O) groups excluding carboxylic acids is 2. The molecule has 0 saturated heterocycles. The van der Waals surface area contributed by atoms with E-state index in [0.29, 0.717) is 18.1 Å². The topological polar surface area (TPSA) is 49.4 Å². The number of amides is 2. The Morgan fingerprint density at radius 3 is 2.33 bits per heavy atom. The summed E-state index contributed by atoms with van der Waals surface area (Å²) in [7, 11) is 0. The van der Waals surface area contributed by atoms with E-state index in [4.69, 9.17) is 11.6 Å². The SMILES string of the molecule is CCCCNC(=O)C(C)N(Cc1ccc(Cl)cc1)C(=O)Cc1ccccc1. The van der Waals surface area contributed by atoms with E-state index in [9.17, 15) is 9.59 Å². The molecule has 0 aliphatic rings. The Hall–Kier alpha value is -2.33. The minimum atomic E-state index is -0.547. The fourth-order valence-electron chi connectivity index (χ4n) is 2.78. The molecule has 1 N–H and O–H groups in total. The highest BCUT2D eigenvalue weighted by atomic mass is 35.5. The Balaban J connectivity index is 2.14. The Bertz CT molecular complexity index is 732. The van der Waals surface area contributed by atoms with Crippen molar-refractivity contribution in [3.05, 3.63) is 70.7 Å². The van der Waals surface area contributed by atoms with Crippen LogP contribution in [0.2, 0.25) is 5.02 Å². The summed E-state index contributed by atoms with van der Waals surface area (Å²) in [5, 5.41) is 3.57. The summed E-state index contributed by atoms with van der Waals surface area (Å²) >= 11 is 5.96. The molecule has 0 aliphatic carbocycles. The van der Waals surface area contributed by atoms with Crippen LogP contribution in [0.5, 0.6) is 0 Å². The normalized spacial score (nSPS) is 11.7. The lowest BCUT2D eigenvalue weighted by molar-refractivity contribution is -0.140. The lowest BCUT2D eigenvalue weighted by Crippen LogP contribution is -2.48. The van der Waals surface area contributed by atoms with Crippen LogP contribution < -0.4 is 5.32 Å². The van der Waals surface area contributed by atoms with Gasteiger partial charge in [0.05, 0.1) is 6.42 Å². The second-order valence-electron chi connectivity index (χ2n) is 6.63. The van der Waals surface area contributed by atoms with Crippen molar-refractivity contribution in [1.29, 1.82) is 0 Å². The van der Waals surface area contributed by atoms with Crippen molar-refractivity contribution >= 4 is 23.4 Å². The van der Waals surface area contributed by atoms with Gasteiger partial charge in [-0.05, 0) is 36.6 Å². The Labute approximate surface area is 166 Å². The Morgan fingerprint density at radius 1 is 1.04 bits per heavy atom. The summed E-state index contributed by atoms with van der Waals surface area (Å²) in [6, 6.07) is 16.4. The van der Waals surface area contributed by atoms with Gasteiger partial charge in [-0.2, -0.15) is 0 Å². The second kappa shape index (κ2) is 10.7. The maximum atomic E-state index is 13.0. The fraction of sp³-hybridized carbons (Fsp3) is 0.364. The Morgan fingerprint density at radius 2 is 1.70 bits per heavy atom. The quantitative estimate of drug-likeness (QED) is 0.656. The molecule has 144 valence electrons. The van der Waals surface area contributed by atoms with Crippen LogP contribution in [0.4, 0.5) is 0 Å². The molecule has 0 fully saturated rings. The van der Waals surface area contributed by atoms with Gasteiger partial charge in [0.1, 0.15) is 6.04 Å². The fourth-order valence-corrected chi connectivity index (χ4v) is 2.90. The van der Waals surface area contributed by atoms with Crippen LogP contribution in [0.1, 0.15) is 37.8 Å². The third-order valence-corrected chi connectivity index (χ3v) is 4.71. The minimum absolute atomic E-state index is 0.0747. The minimum Gasteiger partial charge on any atom is -0.354 e. The molecule has 0 heterocycles. The van der Waals surface area contributed by atoms with Crippen molar-refractivity contribution in [3.8, 4) is 0 Å². The average Bonchev–Trinajstić information content (AvgIpc) is 2.67. The largest absolute Gasteiger partial charge is 0.354 e. The molecule has 1 unspecified atom stereocenters. The molecule has 2 amide bonds. The number of hydrogen-bond acceptors (Lipinski definition) is 2. The van der Waals surface area contributed by atoms with Gasteiger partial charge < -0.3 is 10.2 Å². The molecule has 0 bridgehead atoms.